The van der Waals surface area contributed by atoms with Gasteiger partial charge in [0.05, 0.1) is 10.6 Å². The Kier molecular flexibility index (Phi) is 5.84. The molecule has 0 N–H and O–H groups in total. The first-order chi connectivity index (χ1) is 13.8. The van der Waals surface area contributed by atoms with Crippen molar-refractivity contribution in [1.29, 1.82) is 0 Å². The van der Waals surface area contributed by atoms with E-state index in [9.17, 15) is 9.59 Å². The van der Waals surface area contributed by atoms with Crippen molar-refractivity contribution < 1.29 is 14.3 Å². The first-order valence-electron chi connectivity index (χ1n) is 10.3. The molecule has 0 spiro atoms. The summed E-state index contributed by atoms with van der Waals surface area (Å²) in [5.74, 6) is 0.787. The topological polar surface area (TPSA) is 75.6 Å². The van der Waals surface area contributed by atoms with Crippen LogP contribution in [-0.4, -0.2) is 63.5 Å². The average Bonchev–Trinajstić information content (AvgIpc) is 2.96. The van der Waals surface area contributed by atoms with Crippen molar-refractivity contribution in [3.63, 3.8) is 0 Å². The van der Waals surface area contributed by atoms with Gasteiger partial charge in [0.1, 0.15) is 16.3 Å². The number of hydrogen-bond donors (Lipinski definition) is 0. The van der Waals surface area contributed by atoms with Crippen LogP contribution in [-0.2, 0) is 10.2 Å². The molecule has 7 nitrogen and oxygen atoms in total. The number of carbonyl (C=O) groups excluding carboxylic acids is 2. The van der Waals surface area contributed by atoms with Crippen molar-refractivity contribution >= 4 is 33.6 Å². The number of fused-ring (bicyclic) bond motifs is 1. The van der Waals surface area contributed by atoms with E-state index >= 15 is 0 Å². The van der Waals surface area contributed by atoms with E-state index in [1.807, 2.05) is 39.5 Å². The molecular formula is C22H32N4O3S. The smallest absolute Gasteiger partial charge is 0.410 e. The molecule has 0 unspecified atom stereocenters. The number of hydrogen-bond acceptors (Lipinski definition) is 6. The highest BCUT2D eigenvalue weighted by Gasteiger charge is 2.30. The van der Waals surface area contributed by atoms with Crippen molar-refractivity contribution in [2.45, 2.75) is 66.4 Å². The van der Waals surface area contributed by atoms with Gasteiger partial charge in [-0.2, -0.15) is 0 Å². The second-order valence-electron chi connectivity index (χ2n) is 9.88. The van der Waals surface area contributed by atoms with E-state index < -0.39 is 5.60 Å². The molecule has 1 saturated heterocycles. The van der Waals surface area contributed by atoms with Gasteiger partial charge in [0.15, 0.2) is 0 Å². The van der Waals surface area contributed by atoms with Crippen LogP contribution in [0.15, 0.2) is 0 Å². The van der Waals surface area contributed by atoms with Crippen LogP contribution in [0.2, 0.25) is 0 Å². The highest BCUT2D eigenvalue weighted by Crippen LogP contribution is 2.34. The molecule has 0 aliphatic carbocycles. The van der Waals surface area contributed by atoms with E-state index in [1.54, 1.807) is 4.90 Å². The van der Waals surface area contributed by atoms with Gasteiger partial charge < -0.3 is 14.5 Å². The lowest BCUT2D eigenvalue weighted by Gasteiger charge is -2.35. The van der Waals surface area contributed by atoms with Crippen LogP contribution in [0.4, 0.5) is 4.79 Å². The third kappa shape index (κ3) is 4.58. The maximum absolute atomic E-state index is 13.2. The van der Waals surface area contributed by atoms with E-state index in [-0.39, 0.29) is 17.4 Å². The summed E-state index contributed by atoms with van der Waals surface area (Å²) in [5, 5.41) is 0.976. The molecule has 2 aromatic rings. The van der Waals surface area contributed by atoms with E-state index in [2.05, 4.69) is 25.8 Å². The molecule has 0 saturated carbocycles. The number of nitrogens with zero attached hydrogens (tertiary/aromatic N) is 4. The zero-order chi connectivity index (χ0) is 22.4. The molecular weight excluding hydrogens is 400 g/mol. The SMILES string of the molecule is Cc1nc(C(C)(C)C)nc2sc(C(=O)N3CCN(C(=O)OC(C)(C)C)CC3)c(C)c12. The quantitative estimate of drug-likeness (QED) is 0.672. The number of ether oxygens (including phenoxy) is 1. The molecule has 30 heavy (non-hydrogen) atoms. The molecule has 1 aliphatic heterocycles. The van der Waals surface area contributed by atoms with Crippen molar-refractivity contribution in [3.8, 4) is 0 Å². The molecule has 8 heteroatoms. The zero-order valence-corrected chi connectivity index (χ0v) is 20.1. The lowest BCUT2D eigenvalue weighted by atomic mass is 9.95. The fourth-order valence-electron chi connectivity index (χ4n) is 3.44. The van der Waals surface area contributed by atoms with Crippen LogP contribution in [0.1, 0.15) is 68.3 Å². The number of aromatic nitrogens is 2. The minimum atomic E-state index is -0.525. The molecule has 1 fully saturated rings. The molecule has 2 amide bonds. The molecule has 2 aromatic heterocycles. The average molecular weight is 433 g/mol. The summed E-state index contributed by atoms with van der Waals surface area (Å²) in [4.78, 5) is 40.0. The molecule has 0 aromatic carbocycles. The summed E-state index contributed by atoms with van der Waals surface area (Å²) in [6.45, 7) is 17.7. The Morgan fingerprint density at radius 3 is 2.03 bits per heavy atom. The summed E-state index contributed by atoms with van der Waals surface area (Å²) >= 11 is 1.44. The van der Waals surface area contributed by atoms with Crippen LogP contribution < -0.4 is 0 Å². The van der Waals surface area contributed by atoms with Gasteiger partial charge in [-0.15, -0.1) is 11.3 Å². The Morgan fingerprint density at radius 1 is 0.933 bits per heavy atom. The second-order valence-corrected chi connectivity index (χ2v) is 10.9. The van der Waals surface area contributed by atoms with Crippen molar-refractivity contribution in [1.82, 2.24) is 19.8 Å². The number of piperazine rings is 1. The third-order valence-corrected chi connectivity index (χ3v) is 6.23. The Hall–Kier alpha value is -2.22. The largest absolute Gasteiger partial charge is 0.444 e. The zero-order valence-electron chi connectivity index (χ0n) is 19.3. The third-order valence-electron chi connectivity index (χ3n) is 5.05. The normalized spacial score (nSPS) is 15.6. The predicted octanol–water partition coefficient (Wildman–Crippen LogP) is 4.30. The van der Waals surface area contributed by atoms with Crippen molar-refractivity contribution in [2.24, 2.45) is 0 Å². The summed E-state index contributed by atoms with van der Waals surface area (Å²) in [6, 6.07) is 0. The molecule has 1 aliphatic rings. The highest BCUT2D eigenvalue weighted by atomic mass is 32.1. The monoisotopic (exact) mass is 432 g/mol. The van der Waals surface area contributed by atoms with Gasteiger partial charge in [0, 0.05) is 37.0 Å². The molecule has 3 rings (SSSR count). The summed E-state index contributed by atoms with van der Waals surface area (Å²) in [7, 11) is 0. The highest BCUT2D eigenvalue weighted by molar-refractivity contribution is 7.20. The van der Waals surface area contributed by atoms with Crippen molar-refractivity contribution in [2.75, 3.05) is 26.2 Å². The number of carbonyl (C=O) groups is 2. The van der Waals surface area contributed by atoms with Gasteiger partial charge in [0.2, 0.25) is 0 Å². The molecule has 0 atom stereocenters. The lowest BCUT2D eigenvalue weighted by Crippen LogP contribution is -2.51. The van der Waals surface area contributed by atoms with Gasteiger partial charge in [0.25, 0.3) is 5.91 Å². The van der Waals surface area contributed by atoms with Crippen LogP contribution >= 0.6 is 11.3 Å². The van der Waals surface area contributed by atoms with Gasteiger partial charge >= 0.3 is 6.09 Å². The first-order valence-corrected chi connectivity index (χ1v) is 11.1. The lowest BCUT2D eigenvalue weighted by molar-refractivity contribution is 0.0141. The number of amides is 2. The standard InChI is InChI=1S/C22H32N4O3S/c1-13-15-14(2)23-19(21(3,4)5)24-17(15)30-16(13)18(27)25-9-11-26(12-10-25)20(28)29-22(6,7)8/h9-12H2,1-8H3. The van der Waals surface area contributed by atoms with Crippen LogP contribution in [0.25, 0.3) is 10.2 Å². The summed E-state index contributed by atoms with van der Waals surface area (Å²) in [5.41, 5.74) is 1.17. The van der Waals surface area contributed by atoms with Gasteiger partial charge in [-0.05, 0) is 40.2 Å². The van der Waals surface area contributed by atoms with Gasteiger partial charge in [-0.3, -0.25) is 4.79 Å². The van der Waals surface area contributed by atoms with E-state index in [4.69, 9.17) is 9.72 Å². The van der Waals surface area contributed by atoms with E-state index in [0.29, 0.717) is 31.1 Å². The van der Waals surface area contributed by atoms with E-state index in [0.717, 1.165) is 27.3 Å². The maximum atomic E-state index is 13.2. The minimum absolute atomic E-state index is 0.00366. The first kappa shape index (κ1) is 22.5. The predicted molar refractivity (Wildman–Crippen MR) is 119 cm³/mol. The number of aryl methyl sites for hydroxylation is 2. The van der Waals surface area contributed by atoms with Gasteiger partial charge in [-0.1, -0.05) is 20.8 Å². The fraction of sp³-hybridized carbons (Fsp3) is 0.636. The van der Waals surface area contributed by atoms with Crippen LogP contribution in [0.5, 0.6) is 0 Å². The Bertz CT molecular complexity index is 977. The second kappa shape index (κ2) is 7.80. The number of thiophene rings is 1. The minimum Gasteiger partial charge on any atom is -0.444 e. The van der Waals surface area contributed by atoms with Gasteiger partial charge in [-0.25, -0.2) is 14.8 Å². The Labute approximate surface area is 182 Å². The Morgan fingerprint density at radius 2 is 1.50 bits per heavy atom. The maximum Gasteiger partial charge on any atom is 0.410 e. The van der Waals surface area contributed by atoms with Crippen molar-refractivity contribution in [3.05, 3.63) is 22.0 Å². The fourth-order valence-corrected chi connectivity index (χ4v) is 4.64. The summed E-state index contributed by atoms with van der Waals surface area (Å²) < 4.78 is 5.44. The Balaban J connectivity index is 1.79. The van der Waals surface area contributed by atoms with E-state index in [1.165, 1.54) is 11.3 Å². The van der Waals surface area contributed by atoms with Crippen LogP contribution in [0, 0.1) is 13.8 Å². The molecule has 164 valence electrons. The van der Waals surface area contributed by atoms with Crippen LogP contribution in [0.3, 0.4) is 0 Å². The molecule has 0 radical (unpaired) electrons. The summed E-state index contributed by atoms with van der Waals surface area (Å²) in [6.07, 6.45) is -0.326. The number of rotatable bonds is 1. The molecule has 3 heterocycles. The molecule has 0 bridgehead atoms.